The van der Waals surface area contributed by atoms with E-state index >= 15 is 0 Å². The summed E-state index contributed by atoms with van der Waals surface area (Å²) < 4.78 is 0. The average Bonchev–Trinajstić information content (AvgIpc) is 2.63. The number of hydrogen-bond donors (Lipinski definition) is 1. The molecule has 0 aliphatic heterocycles. The van der Waals surface area contributed by atoms with Crippen molar-refractivity contribution in [2.24, 2.45) is 0 Å². The molecule has 0 bridgehead atoms. The zero-order valence-electron chi connectivity index (χ0n) is 15.4. The molecule has 1 amide bonds. The maximum absolute atomic E-state index is 11.3. The molecule has 5 heteroatoms. The number of carbonyl (C=O) groups is 1. The van der Waals surface area contributed by atoms with Crippen molar-refractivity contribution in [1.29, 1.82) is 0 Å². The molecule has 2 aromatic carbocycles. The van der Waals surface area contributed by atoms with Crippen LogP contribution < -0.4 is 5.32 Å². The Labute approximate surface area is 163 Å². The molecule has 27 heavy (non-hydrogen) atoms. The molecule has 0 unspecified atom stereocenters. The fraction of sp³-hybridized carbons (Fsp3) is 0.136. The van der Waals surface area contributed by atoms with Crippen LogP contribution in [0.5, 0.6) is 0 Å². The molecule has 0 saturated heterocycles. The lowest BCUT2D eigenvalue weighted by Gasteiger charge is -2.07. The van der Waals surface area contributed by atoms with Crippen LogP contribution in [0.15, 0.2) is 77.3 Å². The quantitative estimate of drug-likeness (QED) is 0.489. The van der Waals surface area contributed by atoms with E-state index in [1.807, 2.05) is 30.3 Å². The van der Waals surface area contributed by atoms with Gasteiger partial charge < -0.3 is 5.32 Å². The van der Waals surface area contributed by atoms with E-state index in [9.17, 15) is 4.79 Å². The number of nitrogens with one attached hydrogen (secondary N) is 1. The molecule has 0 radical (unpaired) electrons. The van der Waals surface area contributed by atoms with Gasteiger partial charge in [0.1, 0.15) is 10.9 Å². The van der Waals surface area contributed by atoms with E-state index in [4.69, 9.17) is 0 Å². The molecule has 0 spiro atoms. The van der Waals surface area contributed by atoms with E-state index in [1.165, 1.54) is 22.8 Å². The van der Waals surface area contributed by atoms with Crippen molar-refractivity contribution in [2.75, 3.05) is 5.32 Å². The number of benzene rings is 2. The molecule has 1 N–H and O–H groups in total. The maximum Gasteiger partial charge on any atom is 0.247 e. The fourth-order valence-corrected chi connectivity index (χ4v) is 3.59. The van der Waals surface area contributed by atoms with Crippen molar-refractivity contribution < 1.29 is 4.79 Å². The third-order valence-corrected chi connectivity index (χ3v) is 4.80. The topological polar surface area (TPSA) is 54.9 Å². The van der Waals surface area contributed by atoms with Gasteiger partial charge in [-0.05, 0) is 55.8 Å². The van der Waals surface area contributed by atoms with Gasteiger partial charge in [-0.3, -0.25) is 4.79 Å². The average molecular weight is 375 g/mol. The number of aryl methyl sites for hydroxylation is 2. The van der Waals surface area contributed by atoms with Gasteiger partial charge in [0.05, 0.1) is 0 Å². The predicted octanol–water partition coefficient (Wildman–Crippen LogP) is 4.96. The van der Waals surface area contributed by atoms with Crippen molar-refractivity contribution in [3.05, 3.63) is 89.9 Å². The van der Waals surface area contributed by atoms with E-state index in [0.717, 1.165) is 21.4 Å². The lowest BCUT2D eigenvalue weighted by Crippen LogP contribution is -2.06. The summed E-state index contributed by atoms with van der Waals surface area (Å²) in [5, 5.41) is 3.63. The molecule has 0 fully saturated rings. The Hall–Kier alpha value is -2.92. The van der Waals surface area contributed by atoms with Crippen molar-refractivity contribution in [3.8, 4) is 0 Å². The summed E-state index contributed by atoms with van der Waals surface area (Å²) in [6, 6.07) is 16.0. The highest BCUT2D eigenvalue weighted by atomic mass is 32.2. The number of rotatable bonds is 6. The second kappa shape index (κ2) is 8.64. The van der Waals surface area contributed by atoms with Crippen LogP contribution in [0.25, 0.3) is 0 Å². The number of anilines is 1. The zero-order valence-corrected chi connectivity index (χ0v) is 16.2. The van der Waals surface area contributed by atoms with Gasteiger partial charge in [-0.15, -0.1) is 0 Å². The van der Waals surface area contributed by atoms with Crippen molar-refractivity contribution in [2.45, 2.75) is 30.2 Å². The lowest BCUT2D eigenvalue weighted by atomic mass is 10.0. The minimum Gasteiger partial charge on any atom is -0.323 e. The number of carbonyl (C=O) groups excluding carboxylic acids is 1. The van der Waals surface area contributed by atoms with E-state index in [-0.39, 0.29) is 5.91 Å². The first-order valence-electron chi connectivity index (χ1n) is 8.62. The second-order valence-electron chi connectivity index (χ2n) is 6.30. The SMILES string of the molecule is C=CC(=O)Nc1ccc(Sc2ccnc(Cc3cc(C)cc(C)c3)n2)cc1. The van der Waals surface area contributed by atoms with Gasteiger partial charge in [0.15, 0.2) is 0 Å². The highest BCUT2D eigenvalue weighted by Crippen LogP contribution is 2.27. The molecule has 4 nitrogen and oxygen atoms in total. The summed E-state index contributed by atoms with van der Waals surface area (Å²) in [6.45, 7) is 7.65. The molecule has 1 heterocycles. The Morgan fingerprint density at radius 1 is 1.11 bits per heavy atom. The number of amides is 1. The molecule has 3 rings (SSSR count). The lowest BCUT2D eigenvalue weighted by molar-refractivity contribution is -0.111. The number of hydrogen-bond acceptors (Lipinski definition) is 4. The molecule has 0 aliphatic carbocycles. The standard InChI is InChI=1S/C22H21N3OS/c1-4-21(26)24-18-5-7-19(8-6-18)27-22-9-10-23-20(25-22)14-17-12-15(2)11-16(3)13-17/h4-13H,1,14H2,2-3H3,(H,24,26). The number of aromatic nitrogens is 2. The van der Waals surface area contributed by atoms with Gasteiger partial charge in [0, 0.05) is 23.2 Å². The summed E-state index contributed by atoms with van der Waals surface area (Å²) in [4.78, 5) is 21.5. The van der Waals surface area contributed by atoms with Crippen LogP contribution in [0.1, 0.15) is 22.5 Å². The molecule has 0 saturated carbocycles. The molecule has 0 atom stereocenters. The smallest absolute Gasteiger partial charge is 0.247 e. The number of nitrogens with zero attached hydrogens (tertiary/aromatic N) is 2. The van der Waals surface area contributed by atoms with Crippen molar-refractivity contribution >= 4 is 23.4 Å². The Morgan fingerprint density at radius 2 is 1.81 bits per heavy atom. The molecular weight excluding hydrogens is 354 g/mol. The van der Waals surface area contributed by atoms with Gasteiger partial charge in [-0.1, -0.05) is 47.7 Å². The fourth-order valence-electron chi connectivity index (χ4n) is 2.80. The van der Waals surface area contributed by atoms with E-state index < -0.39 is 0 Å². The van der Waals surface area contributed by atoms with Gasteiger partial charge in [-0.25, -0.2) is 9.97 Å². The first-order chi connectivity index (χ1) is 13.0. The molecule has 3 aromatic rings. The van der Waals surface area contributed by atoms with Gasteiger partial charge in [-0.2, -0.15) is 0 Å². The maximum atomic E-state index is 11.3. The van der Waals surface area contributed by atoms with E-state index in [1.54, 1.807) is 18.0 Å². The Kier molecular flexibility index (Phi) is 6.04. The van der Waals surface area contributed by atoms with Crippen molar-refractivity contribution in [3.63, 3.8) is 0 Å². The van der Waals surface area contributed by atoms with Crippen LogP contribution >= 0.6 is 11.8 Å². The van der Waals surface area contributed by atoms with Gasteiger partial charge in [0.2, 0.25) is 5.91 Å². The largest absolute Gasteiger partial charge is 0.323 e. The molecule has 136 valence electrons. The predicted molar refractivity (Wildman–Crippen MR) is 110 cm³/mol. The first-order valence-corrected chi connectivity index (χ1v) is 9.44. The van der Waals surface area contributed by atoms with Crippen LogP contribution in [-0.4, -0.2) is 15.9 Å². The van der Waals surface area contributed by atoms with Crippen LogP contribution in [0.4, 0.5) is 5.69 Å². The van der Waals surface area contributed by atoms with Crippen LogP contribution in [-0.2, 0) is 11.2 Å². The monoisotopic (exact) mass is 375 g/mol. The first kappa shape index (κ1) is 18.9. The Balaban J connectivity index is 1.70. The highest BCUT2D eigenvalue weighted by Gasteiger charge is 2.05. The summed E-state index contributed by atoms with van der Waals surface area (Å²) >= 11 is 1.57. The minimum atomic E-state index is -0.220. The van der Waals surface area contributed by atoms with Gasteiger partial charge >= 0.3 is 0 Å². The van der Waals surface area contributed by atoms with Crippen LogP contribution in [0, 0.1) is 13.8 Å². The summed E-state index contributed by atoms with van der Waals surface area (Å²) in [5.74, 6) is 0.585. The minimum absolute atomic E-state index is 0.220. The van der Waals surface area contributed by atoms with Crippen LogP contribution in [0.3, 0.4) is 0 Å². The molecular formula is C22H21N3OS. The van der Waals surface area contributed by atoms with Crippen molar-refractivity contribution in [1.82, 2.24) is 9.97 Å². The Bertz CT molecular complexity index is 947. The van der Waals surface area contributed by atoms with Gasteiger partial charge in [0.25, 0.3) is 0 Å². The van der Waals surface area contributed by atoms with E-state index in [2.05, 4.69) is 53.9 Å². The summed E-state index contributed by atoms with van der Waals surface area (Å²) in [5.41, 5.74) is 4.46. The second-order valence-corrected chi connectivity index (χ2v) is 7.40. The normalized spacial score (nSPS) is 10.4. The third kappa shape index (κ3) is 5.53. The highest BCUT2D eigenvalue weighted by molar-refractivity contribution is 7.99. The molecule has 1 aromatic heterocycles. The summed E-state index contributed by atoms with van der Waals surface area (Å²) in [6.07, 6.45) is 3.76. The third-order valence-electron chi connectivity index (χ3n) is 3.85. The molecule has 0 aliphatic rings. The Morgan fingerprint density at radius 3 is 2.48 bits per heavy atom. The van der Waals surface area contributed by atoms with E-state index in [0.29, 0.717) is 6.42 Å². The summed E-state index contributed by atoms with van der Waals surface area (Å²) in [7, 11) is 0. The van der Waals surface area contributed by atoms with Crippen LogP contribution in [0.2, 0.25) is 0 Å². The zero-order chi connectivity index (χ0) is 19.2.